The summed E-state index contributed by atoms with van der Waals surface area (Å²) in [4.78, 5) is 90.0. The lowest BCUT2D eigenvalue weighted by Crippen LogP contribution is -2.48. The van der Waals surface area contributed by atoms with E-state index in [1.807, 2.05) is 0 Å². The Bertz CT molecular complexity index is 3710. The standard InChI is InChI=1S/C16H16O5.C13H12O5.C13H14O3.2C12H12O3.C7H6O2/c1-4-5-12(10-6-8-11(17)9-7-10)13-14(18)20-16(2,3)21-15(13)19;1-13(2)17-11(15)10(12(16)18-13)7-8-3-5-9(14)6-4-8;1-3-4-11(9-13(15)16-2)10-5-7-12(14)8-6-10;2*1-2-3-10(8-12(14)15)9-4-6-11(13)7-5-9;8-5-6-1-3-7(9)4-2-6/h6-9,12-13,17H,1-3H3;3-7,14H,1-2H3;5-8,11,14H,9H2,1-2H3;2*4-7,10,13H,8H2,1H3,(H,14,15);1-5,9H/t;;11-;10-;;/m..00../s1. The molecule has 2 unspecified atom stereocenters. The third-order valence-corrected chi connectivity index (χ3v) is 12.6. The summed E-state index contributed by atoms with van der Waals surface area (Å²) in [5, 5.41) is 72.0. The van der Waals surface area contributed by atoms with Crippen LogP contribution < -0.4 is 0 Å². The first-order chi connectivity index (χ1) is 44.5. The van der Waals surface area contributed by atoms with Crippen LogP contribution in [0.1, 0.15) is 136 Å². The quantitative estimate of drug-likeness (QED) is 0.0101. The van der Waals surface area contributed by atoms with Crippen LogP contribution in [0, 0.1) is 53.3 Å². The molecule has 4 atom stereocenters. The number of aromatic hydroxyl groups is 6. The van der Waals surface area contributed by atoms with Crippen LogP contribution in [-0.4, -0.2) is 108 Å². The number of aliphatic carboxylic acids is 2. The molecule has 0 spiro atoms. The lowest BCUT2D eigenvalue weighted by Gasteiger charge is -2.34. The molecule has 0 amide bonds. The number of methoxy groups -OCH3 is 1. The number of hydrogen-bond donors (Lipinski definition) is 8. The SMILES string of the molecule is CC#CC(CC(=O)O)c1ccc(O)cc1.CC#CC(c1ccc(O)cc1)C1C(=O)OC(C)(C)OC1=O.CC#C[C@@H](CC(=O)O)c1ccc(O)cc1.CC#C[C@@H](CC(=O)OC)c1ccc(O)cc1.CC1(C)OC(=O)C(=Cc2ccc(O)cc2)C(=O)O1.O=Cc1ccc(O)cc1. The number of phenolic OH excluding ortho intramolecular Hbond substituents is 6. The number of carboxylic acid groups (broad SMARTS) is 2. The minimum atomic E-state index is -1.26. The number of rotatable bonds is 13. The Morgan fingerprint density at radius 3 is 1.03 bits per heavy atom. The first kappa shape index (κ1) is 76.3. The zero-order valence-electron chi connectivity index (χ0n) is 52.9. The Hall–Kier alpha value is -11.9. The van der Waals surface area contributed by atoms with Gasteiger partial charge in [0.05, 0.1) is 50.0 Å². The van der Waals surface area contributed by atoms with Gasteiger partial charge < -0.3 is 64.5 Å². The van der Waals surface area contributed by atoms with Gasteiger partial charge in [-0.3, -0.25) is 28.8 Å². The Morgan fingerprint density at radius 1 is 0.447 bits per heavy atom. The Morgan fingerprint density at radius 2 is 0.734 bits per heavy atom. The van der Waals surface area contributed by atoms with Crippen LogP contribution in [0.15, 0.2) is 151 Å². The van der Waals surface area contributed by atoms with Gasteiger partial charge in [-0.15, -0.1) is 23.7 Å². The molecule has 8 N–H and O–H groups in total. The highest BCUT2D eigenvalue weighted by atomic mass is 16.8. The molecule has 490 valence electrons. The molecule has 94 heavy (non-hydrogen) atoms. The molecule has 21 heteroatoms. The van der Waals surface area contributed by atoms with Gasteiger partial charge in [-0.05, 0) is 147 Å². The lowest BCUT2D eigenvalue weighted by molar-refractivity contribution is -0.240. The Labute approximate surface area is 544 Å². The van der Waals surface area contributed by atoms with E-state index in [1.54, 1.807) is 113 Å². The molecule has 0 bridgehead atoms. The van der Waals surface area contributed by atoms with E-state index in [4.69, 9.17) is 54.7 Å². The smallest absolute Gasteiger partial charge is 0.348 e. The summed E-state index contributed by atoms with van der Waals surface area (Å²) in [5.74, 6) is 13.4. The minimum absolute atomic E-state index is 0.0222. The number of benzene rings is 6. The lowest BCUT2D eigenvalue weighted by atomic mass is 9.85. The number of carbonyl (C=O) groups excluding carboxylic acids is 6. The fraction of sp³-hybridized carbons (Fsp3) is 0.260. The number of aldehydes is 1. The molecule has 2 heterocycles. The number of cyclic esters (lactones) is 4. The summed E-state index contributed by atoms with van der Waals surface area (Å²) in [6.07, 6.45) is 2.28. The van der Waals surface area contributed by atoms with E-state index in [-0.39, 0.29) is 83.1 Å². The maximum absolute atomic E-state index is 12.1. The second-order valence-electron chi connectivity index (χ2n) is 20.8. The predicted molar refractivity (Wildman–Crippen MR) is 344 cm³/mol. The monoisotopic (exact) mass is 1280 g/mol. The van der Waals surface area contributed by atoms with E-state index >= 15 is 0 Å². The zero-order valence-corrected chi connectivity index (χ0v) is 52.9. The van der Waals surface area contributed by atoms with Crippen LogP contribution in [0.2, 0.25) is 0 Å². The van der Waals surface area contributed by atoms with Gasteiger partial charge in [0, 0.05) is 33.3 Å². The van der Waals surface area contributed by atoms with Crippen molar-refractivity contribution in [1.29, 1.82) is 0 Å². The van der Waals surface area contributed by atoms with Crippen LogP contribution in [0.3, 0.4) is 0 Å². The highest BCUT2D eigenvalue weighted by molar-refractivity contribution is 6.18. The van der Waals surface area contributed by atoms with Crippen molar-refractivity contribution in [3.05, 3.63) is 185 Å². The molecule has 2 fully saturated rings. The Kier molecular flexibility index (Phi) is 30.8. The first-order valence-corrected chi connectivity index (χ1v) is 28.5. The van der Waals surface area contributed by atoms with Crippen molar-refractivity contribution < 1.29 is 103 Å². The van der Waals surface area contributed by atoms with Crippen LogP contribution in [0.5, 0.6) is 34.5 Å². The number of carboxylic acids is 2. The van der Waals surface area contributed by atoms with Gasteiger partial charge in [0.1, 0.15) is 46.4 Å². The second kappa shape index (κ2) is 37.9. The fourth-order valence-electron chi connectivity index (χ4n) is 8.26. The minimum Gasteiger partial charge on any atom is -0.508 e. The van der Waals surface area contributed by atoms with Gasteiger partial charge in [0.25, 0.3) is 11.6 Å². The van der Waals surface area contributed by atoms with Gasteiger partial charge in [0.15, 0.2) is 5.92 Å². The largest absolute Gasteiger partial charge is 0.508 e. The van der Waals surface area contributed by atoms with E-state index in [2.05, 4.69) is 52.1 Å². The number of esters is 5. The van der Waals surface area contributed by atoms with Crippen molar-refractivity contribution in [2.75, 3.05) is 7.11 Å². The van der Waals surface area contributed by atoms with Crippen molar-refractivity contribution in [2.45, 2.75) is 110 Å². The van der Waals surface area contributed by atoms with E-state index in [9.17, 15) is 43.5 Å². The number of phenols is 6. The normalized spacial score (nSPS) is 14.0. The zero-order chi connectivity index (χ0) is 70.1. The molecule has 0 saturated carbocycles. The van der Waals surface area contributed by atoms with E-state index < -0.39 is 59.2 Å². The summed E-state index contributed by atoms with van der Waals surface area (Å²) < 4.78 is 24.8. The van der Waals surface area contributed by atoms with Gasteiger partial charge >= 0.3 is 41.8 Å². The summed E-state index contributed by atoms with van der Waals surface area (Å²) in [7, 11) is 1.36. The van der Waals surface area contributed by atoms with E-state index in [0.29, 0.717) is 16.7 Å². The van der Waals surface area contributed by atoms with Gasteiger partial charge in [0.2, 0.25) is 0 Å². The first-order valence-electron chi connectivity index (χ1n) is 28.5. The molecule has 0 aliphatic carbocycles. The Balaban J connectivity index is 0.000000298. The van der Waals surface area contributed by atoms with Crippen molar-refractivity contribution in [3.8, 4) is 81.9 Å². The molecule has 0 radical (unpaired) electrons. The third-order valence-electron chi connectivity index (χ3n) is 12.6. The molecule has 6 aromatic carbocycles. The average molecular weight is 1290 g/mol. The molecular weight excluding hydrogens is 1210 g/mol. The molecule has 2 aliphatic heterocycles. The molecular formula is C73H72O21. The van der Waals surface area contributed by atoms with Gasteiger partial charge in [-0.25, -0.2) is 9.59 Å². The summed E-state index contributed by atoms with van der Waals surface area (Å²) in [6, 6.07) is 37.8. The summed E-state index contributed by atoms with van der Waals surface area (Å²) in [6.45, 7) is 12.7. The highest BCUT2D eigenvalue weighted by Crippen LogP contribution is 2.34. The van der Waals surface area contributed by atoms with Crippen molar-refractivity contribution in [2.24, 2.45) is 5.92 Å². The van der Waals surface area contributed by atoms with Crippen molar-refractivity contribution in [3.63, 3.8) is 0 Å². The van der Waals surface area contributed by atoms with Crippen LogP contribution in [0.25, 0.3) is 6.08 Å². The number of ether oxygens (including phenoxy) is 5. The fourth-order valence-corrected chi connectivity index (χ4v) is 8.26. The van der Waals surface area contributed by atoms with Gasteiger partial charge in [-0.2, -0.15) is 0 Å². The van der Waals surface area contributed by atoms with Crippen molar-refractivity contribution in [1.82, 2.24) is 0 Å². The average Bonchev–Trinajstić information content (AvgIpc) is 0.803. The molecule has 2 saturated heterocycles. The van der Waals surface area contributed by atoms with Crippen molar-refractivity contribution >= 4 is 54.1 Å². The maximum atomic E-state index is 12.1. The molecule has 8 rings (SSSR count). The maximum Gasteiger partial charge on any atom is 0.348 e. The van der Waals surface area contributed by atoms with Crippen LogP contribution >= 0.6 is 0 Å². The predicted octanol–water partition coefficient (Wildman–Crippen LogP) is 10.8. The third kappa shape index (κ3) is 27.0. The van der Waals surface area contributed by atoms with Gasteiger partial charge in [-0.1, -0.05) is 84.3 Å². The van der Waals surface area contributed by atoms with Crippen LogP contribution in [-0.2, 0) is 57.2 Å². The summed E-state index contributed by atoms with van der Waals surface area (Å²) in [5.41, 5.74) is 4.16. The van der Waals surface area contributed by atoms with Crippen LogP contribution in [0.4, 0.5) is 0 Å². The highest BCUT2D eigenvalue weighted by Gasteiger charge is 2.47. The number of hydrogen-bond acceptors (Lipinski definition) is 19. The second-order valence-corrected chi connectivity index (χ2v) is 20.8. The molecule has 2 aliphatic rings. The topological polar surface area (TPSA) is 345 Å². The van der Waals surface area contributed by atoms with E-state index in [0.717, 1.165) is 23.0 Å². The summed E-state index contributed by atoms with van der Waals surface area (Å²) >= 11 is 0. The number of carbonyl (C=O) groups is 8. The molecule has 0 aromatic heterocycles. The molecule has 6 aromatic rings. The molecule has 21 nitrogen and oxygen atoms in total. The van der Waals surface area contributed by atoms with E-state index in [1.165, 1.54) is 102 Å².